The number of aryl methyl sites for hydroxylation is 1. The van der Waals surface area contributed by atoms with Gasteiger partial charge in [0.15, 0.2) is 0 Å². The van der Waals surface area contributed by atoms with E-state index in [9.17, 15) is 0 Å². The molecule has 0 saturated carbocycles. The first kappa shape index (κ1) is 15.3. The zero-order chi connectivity index (χ0) is 15.6. The average molecular weight is 350 g/mol. The van der Waals surface area contributed by atoms with Crippen molar-refractivity contribution in [2.24, 2.45) is 0 Å². The molecule has 0 spiro atoms. The summed E-state index contributed by atoms with van der Waals surface area (Å²) in [5.41, 5.74) is 4.43. The molecular formula is C21H19PTi. The van der Waals surface area contributed by atoms with Gasteiger partial charge in [-0.3, -0.25) is 0 Å². The van der Waals surface area contributed by atoms with Crippen LogP contribution in [0.4, 0.5) is 0 Å². The van der Waals surface area contributed by atoms with Crippen molar-refractivity contribution in [1.82, 2.24) is 0 Å². The van der Waals surface area contributed by atoms with Gasteiger partial charge in [0.2, 0.25) is 0 Å². The maximum absolute atomic E-state index is 2.47. The van der Waals surface area contributed by atoms with Crippen molar-refractivity contribution in [3.05, 3.63) is 92.6 Å². The summed E-state index contributed by atoms with van der Waals surface area (Å²) in [7, 11) is 0.801. The van der Waals surface area contributed by atoms with Crippen LogP contribution < -0.4 is 5.30 Å². The second kappa shape index (κ2) is 6.74. The fourth-order valence-corrected chi connectivity index (χ4v) is 7.40. The first-order valence-corrected chi connectivity index (χ1v) is 10.7. The molecule has 0 nitrogen and oxygen atoms in total. The van der Waals surface area contributed by atoms with E-state index in [0.717, 1.165) is 8.58 Å². The third kappa shape index (κ3) is 3.22. The molecule has 2 unspecified atom stereocenters. The summed E-state index contributed by atoms with van der Waals surface area (Å²) in [4.78, 5) is 0. The summed E-state index contributed by atoms with van der Waals surface area (Å²) < 4.78 is 2.36. The number of hydrogen-bond acceptors (Lipinski definition) is 0. The predicted molar refractivity (Wildman–Crippen MR) is 98.1 cm³/mol. The molecule has 0 radical (unpaired) electrons. The van der Waals surface area contributed by atoms with Gasteiger partial charge in [0.1, 0.15) is 0 Å². The molecule has 0 bridgehead atoms. The number of hydrogen-bond donors (Lipinski definition) is 0. The Hall–Kier alpha value is -1.20. The molecule has 2 aromatic rings. The molecule has 0 N–H and O–H groups in total. The standard InChI is InChI=1S/C16H14P.C5H5.Ti/c1-12-6-2-5-9-16(12)17-15-10-13-7-3-4-8-14(13)11-15;1-2-4-5-3-1;/h2-11,17H,1H3;1-3H,4H2;. The van der Waals surface area contributed by atoms with Crippen LogP contribution in [-0.2, 0) is 19.2 Å². The van der Waals surface area contributed by atoms with E-state index in [4.69, 9.17) is 0 Å². The van der Waals surface area contributed by atoms with E-state index in [1.54, 1.807) is 14.8 Å². The average Bonchev–Trinajstić information content (AvgIpc) is 3.19. The van der Waals surface area contributed by atoms with Crippen LogP contribution in [0.1, 0.15) is 27.3 Å². The summed E-state index contributed by atoms with van der Waals surface area (Å²) in [5, 5.41) is 3.15. The van der Waals surface area contributed by atoms with E-state index in [0.29, 0.717) is 4.22 Å². The van der Waals surface area contributed by atoms with Crippen LogP contribution in [0.2, 0.25) is 0 Å². The molecule has 112 valence electrons. The molecule has 2 heteroatoms. The van der Waals surface area contributed by atoms with Crippen LogP contribution in [-0.4, -0.2) is 0 Å². The Balaban J connectivity index is 1.65. The Kier molecular flexibility index (Phi) is 4.49. The molecule has 0 fully saturated rings. The number of rotatable bonds is 4. The fourth-order valence-electron chi connectivity index (χ4n) is 3.20. The summed E-state index contributed by atoms with van der Waals surface area (Å²) in [6, 6.07) is 17.8. The van der Waals surface area contributed by atoms with Gasteiger partial charge in [-0.2, -0.15) is 0 Å². The fraction of sp³-hybridized carbons (Fsp3) is 0.143. The van der Waals surface area contributed by atoms with Crippen molar-refractivity contribution >= 4 is 20.0 Å². The number of benzene rings is 2. The van der Waals surface area contributed by atoms with E-state index >= 15 is 0 Å². The normalized spacial score (nSPS) is 19.1. The number of allylic oxidation sites excluding steroid dienone is 5. The monoisotopic (exact) mass is 350 g/mol. The van der Waals surface area contributed by atoms with Crippen LogP contribution in [0, 0.1) is 6.92 Å². The molecule has 23 heavy (non-hydrogen) atoms. The molecule has 2 atom stereocenters. The van der Waals surface area contributed by atoms with Crippen molar-refractivity contribution in [2.75, 3.05) is 0 Å². The van der Waals surface area contributed by atoms with Crippen LogP contribution >= 0.6 is 8.58 Å². The topological polar surface area (TPSA) is 0 Å². The second-order valence-electron chi connectivity index (χ2n) is 6.07. The second-order valence-corrected chi connectivity index (χ2v) is 9.79. The Morgan fingerprint density at radius 1 is 1.04 bits per heavy atom. The maximum atomic E-state index is 2.47. The van der Waals surface area contributed by atoms with E-state index in [1.165, 1.54) is 22.9 Å². The van der Waals surface area contributed by atoms with E-state index in [1.807, 2.05) is 0 Å². The zero-order valence-electron chi connectivity index (χ0n) is 13.2. The first-order valence-electron chi connectivity index (χ1n) is 8.07. The van der Waals surface area contributed by atoms with Gasteiger partial charge < -0.3 is 0 Å². The summed E-state index contributed by atoms with van der Waals surface area (Å²) >= 11 is -0.138. The van der Waals surface area contributed by atoms with Crippen LogP contribution in [0.15, 0.2) is 76.0 Å². The third-order valence-electron chi connectivity index (χ3n) is 4.45. The molecular weight excluding hydrogens is 331 g/mol. The molecule has 4 rings (SSSR count). The summed E-state index contributed by atoms with van der Waals surface area (Å²) in [6.07, 6.45) is 10.5. The Bertz CT molecular complexity index is 829. The molecule has 2 aromatic carbocycles. The molecule has 0 aromatic heterocycles. The van der Waals surface area contributed by atoms with Crippen LogP contribution in [0.25, 0.3) is 6.08 Å². The number of fused-ring (bicyclic) bond motifs is 1. The third-order valence-corrected chi connectivity index (χ3v) is 9.04. The van der Waals surface area contributed by atoms with Crippen molar-refractivity contribution in [2.45, 2.75) is 17.6 Å². The van der Waals surface area contributed by atoms with Gasteiger partial charge in [0.05, 0.1) is 0 Å². The van der Waals surface area contributed by atoms with Crippen LogP contribution in [0.3, 0.4) is 0 Å². The Morgan fingerprint density at radius 3 is 2.70 bits per heavy atom. The van der Waals surface area contributed by atoms with Crippen molar-refractivity contribution in [3.8, 4) is 0 Å². The molecule has 0 amide bonds. The molecule has 2 aliphatic rings. The van der Waals surface area contributed by atoms with E-state index < -0.39 is 0 Å². The molecule has 0 heterocycles. The van der Waals surface area contributed by atoms with E-state index in [2.05, 4.69) is 79.8 Å². The molecule has 0 saturated heterocycles. The van der Waals surface area contributed by atoms with Crippen molar-refractivity contribution in [1.29, 1.82) is 0 Å². The zero-order valence-corrected chi connectivity index (χ0v) is 15.8. The summed E-state index contributed by atoms with van der Waals surface area (Å²) in [6.45, 7) is 2.24. The quantitative estimate of drug-likeness (QED) is 0.517. The van der Waals surface area contributed by atoms with Gasteiger partial charge in [-0.15, -0.1) is 0 Å². The Morgan fingerprint density at radius 2 is 1.87 bits per heavy atom. The molecule has 0 aliphatic heterocycles. The predicted octanol–water partition coefficient (Wildman–Crippen LogP) is 5.32. The van der Waals surface area contributed by atoms with Gasteiger partial charge in [0.25, 0.3) is 0 Å². The molecule has 2 aliphatic carbocycles. The van der Waals surface area contributed by atoms with E-state index in [-0.39, 0.29) is 19.2 Å². The Labute approximate surface area is 149 Å². The van der Waals surface area contributed by atoms with Gasteiger partial charge in [-0.1, -0.05) is 0 Å². The van der Waals surface area contributed by atoms with Crippen molar-refractivity contribution in [3.63, 3.8) is 0 Å². The minimum atomic E-state index is -0.138. The minimum absolute atomic E-state index is 0.138. The van der Waals surface area contributed by atoms with Gasteiger partial charge in [-0.25, -0.2) is 0 Å². The first-order chi connectivity index (χ1) is 11.3. The SMILES string of the molecule is Cc1ccccc1PC1=Cc2ccccc2[CH]1[Ti][C]1=CC=CC1. The van der Waals surface area contributed by atoms with Crippen LogP contribution in [0.5, 0.6) is 0 Å². The summed E-state index contributed by atoms with van der Waals surface area (Å²) in [5.74, 6) is 0. The van der Waals surface area contributed by atoms with Gasteiger partial charge in [0, 0.05) is 0 Å². The van der Waals surface area contributed by atoms with Gasteiger partial charge >= 0.3 is 149 Å². The van der Waals surface area contributed by atoms with Crippen molar-refractivity contribution < 1.29 is 19.2 Å². The van der Waals surface area contributed by atoms with Gasteiger partial charge in [-0.05, 0) is 0 Å².